The molecular weight excluding hydrogens is 558 g/mol. The van der Waals surface area contributed by atoms with Crippen LogP contribution in [0.1, 0.15) is 35.8 Å². The smallest absolute Gasteiger partial charge is 0.271 e. The summed E-state index contributed by atoms with van der Waals surface area (Å²) in [6.45, 7) is 8.37. The summed E-state index contributed by atoms with van der Waals surface area (Å²) >= 11 is 0. The van der Waals surface area contributed by atoms with Crippen LogP contribution in [0.15, 0.2) is 58.4 Å². The first kappa shape index (κ1) is 28.0. The number of carbonyl (C=O) groups excluding carboxylic acids is 2. The second-order valence-electron chi connectivity index (χ2n) is 10.6. The Balaban J connectivity index is 1.87. The number of carbonyl (C=O) groups is 2. The van der Waals surface area contributed by atoms with Crippen molar-refractivity contribution in [3.8, 4) is 0 Å². The molecule has 0 atom stereocenters. The molecule has 1 aromatic carbocycles. The molecule has 43 heavy (non-hydrogen) atoms. The minimum Gasteiger partial charge on any atom is -0.454 e. The summed E-state index contributed by atoms with van der Waals surface area (Å²) in [7, 11) is 1.40. The van der Waals surface area contributed by atoms with Crippen molar-refractivity contribution in [3.63, 3.8) is 0 Å². The highest BCUT2D eigenvalue weighted by Crippen LogP contribution is 2.35. The molecule has 0 aliphatic carbocycles. The van der Waals surface area contributed by atoms with Crippen molar-refractivity contribution in [1.82, 2.24) is 24.6 Å². The summed E-state index contributed by atoms with van der Waals surface area (Å²) in [5.41, 5.74) is -0.305. The molecule has 5 heterocycles. The largest absolute Gasteiger partial charge is 0.454 e. The predicted octanol–water partition coefficient (Wildman–Crippen LogP) is 4.30. The zero-order chi connectivity index (χ0) is 30.6. The van der Waals surface area contributed by atoms with Crippen LogP contribution in [0.4, 0.5) is 14.5 Å². The molecule has 5 aromatic rings. The summed E-state index contributed by atoms with van der Waals surface area (Å²) in [6.07, 6.45) is 2.73. The van der Waals surface area contributed by atoms with Crippen molar-refractivity contribution in [2.75, 3.05) is 38.1 Å². The van der Waals surface area contributed by atoms with Gasteiger partial charge in [0.1, 0.15) is 28.0 Å². The van der Waals surface area contributed by atoms with Crippen LogP contribution in [-0.4, -0.2) is 64.3 Å². The van der Waals surface area contributed by atoms with Gasteiger partial charge in [0.05, 0.1) is 16.8 Å². The minimum atomic E-state index is -0.870. The maximum Gasteiger partial charge on any atom is 0.271 e. The number of hydrogen-bond donors (Lipinski definition) is 1. The first-order valence-electron chi connectivity index (χ1n) is 13.8. The Bertz CT molecular complexity index is 2080. The Labute approximate surface area is 243 Å². The van der Waals surface area contributed by atoms with Crippen LogP contribution in [0, 0.1) is 11.6 Å². The van der Waals surface area contributed by atoms with Gasteiger partial charge >= 0.3 is 0 Å². The maximum absolute atomic E-state index is 16.1. The van der Waals surface area contributed by atoms with Gasteiger partial charge in [0.15, 0.2) is 17.0 Å². The lowest BCUT2D eigenvalue weighted by atomic mass is 10.1. The molecule has 0 saturated carbocycles. The van der Waals surface area contributed by atoms with E-state index in [1.807, 2.05) is 13.8 Å². The molecule has 4 aromatic heterocycles. The number of anilines is 1. The van der Waals surface area contributed by atoms with E-state index in [4.69, 9.17) is 4.42 Å². The first-order chi connectivity index (χ1) is 20.7. The van der Waals surface area contributed by atoms with Crippen LogP contribution in [0.25, 0.3) is 38.6 Å². The van der Waals surface area contributed by atoms with Crippen LogP contribution >= 0.6 is 0 Å². The second kappa shape index (κ2) is 10.6. The van der Waals surface area contributed by atoms with Crippen molar-refractivity contribution >= 4 is 56.1 Å². The molecule has 1 aliphatic rings. The minimum absolute atomic E-state index is 0.00326. The number of rotatable bonds is 4. The Morgan fingerprint density at radius 1 is 1.09 bits per heavy atom. The van der Waals surface area contributed by atoms with E-state index in [-0.39, 0.29) is 87.9 Å². The van der Waals surface area contributed by atoms with E-state index in [9.17, 15) is 14.4 Å². The number of hydrogen-bond acceptors (Lipinski definition) is 7. The third-order valence-corrected chi connectivity index (χ3v) is 7.73. The quantitative estimate of drug-likeness (QED) is 0.313. The number of benzene rings is 1. The van der Waals surface area contributed by atoms with Gasteiger partial charge in [0, 0.05) is 50.9 Å². The summed E-state index contributed by atoms with van der Waals surface area (Å²) in [5, 5.41) is 2.50. The molecule has 2 amide bonds. The number of nitrogens with zero attached hydrogens (tertiary/aromatic N) is 5. The molecule has 10 nitrogen and oxygen atoms in total. The molecule has 1 fully saturated rings. The monoisotopic (exact) mass is 586 g/mol. The number of fused-ring (bicyclic) bond motifs is 5. The molecule has 12 heteroatoms. The van der Waals surface area contributed by atoms with E-state index in [0.717, 1.165) is 0 Å². The third-order valence-electron chi connectivity index (χ3n) is 7.73. The summed E-state index contributed by atoms with van der Waals surface area (Å²) in [4.78, 5) is 52.7. The number of aromatic nitrogens is 3. The molecular formula is C31H28F2N6O4. The molecule has 6 rings (SSSR count). The molecule has 2 bridgehead atoms. The number of piperazine rings is 1. The number of pyridine rings is 3. The lowest BCUT2D eigenvalue weighted by Gasteiger charge is -2.36. The van der Waals surface area contributed by atoms with Crippen LogP contribution in [-0.2, 0) is 4.79 Å². The van der Waals surface area contributed by atoms with E-state index in [2.05, 4.69) is 21.9 Å². The zero-order valence-electron chi connectivity index (χ0n) is 23.8. The van der Waals surface area contributed by atoms with Gasteiger partial charge in [-0.2, -0.15) is 0 Å². The fourth-order valence-corrected chi connectivity index (χ4v) is 5.71. The van der Waals surface area contributed by atoms with Gasteiger partial charge in [-0.05, 0) is 30.2 Å². The van der Waals surface area contributed by atoms with E-state index in [1.54, 1.807) is 9.80 Å². The lowest BCUT2D eigenvalue weighted by Crippen LogP contribution is -2.49. The molecule has 0 unspecified atom stereocenters. The molecule has 1 N–H and O–H groups in total. The Morgan fingerprint density at radius 3 is 2.51 bits per heavy atom. The van der Waals surface area contributed by atoms with Crippen LogP contribution in [0.2, 0.25) is 0 Å². The molecule has 1 saturated heterocycles. The van der Waals surface area contributed by atoms with Crippen molar-refractivity contribution in [2.24, 2.45) is 0 Å². The molecule has 1 aliphatic heterocycles. The number of amides is 2. The van der Waals surface area contributed by atoms with E-state index >= 15 is 8.78 Å². The van der Waals surface area contributed by atoms with Gasteiger partial charge in [-0.1, -0.05) is 26.5 Å². The van der Waals surface area contributed by atoms with Gasteiger partial charge in [-0.3, -0.25) is 23.8 Å². The second-order valence-corrected chi connectivity index (χ2v) is 10.6. The fourth-order valence-electron chi connectivity index (χ4n) is 5.71. The Kier molecular flexibility index (Phi) is 6.91. The van der Waals surface area contributed by atoms with Crippen LogP contribution in [0.5, 0.6) is 0 Å². The number of nitrogens with one attached hydrogen (secondary N) is 1. The summed E-state index contributed by atoms with van der Waals surface area (Å²) in [6, 6.07) is 6.80. The van der Waals surface area contributed by atoms with Gasteiger partial charge < -0.3 is 19.5 Å². The van der Waals surface area contributed by atoms with Crippen LogP contribution in [0.3, 0.4) is 0 Å². The zero-order valence-corrected chi connectivity index (χ0v) is 23.8. The molecule has 220 valence electrons. The molecule has 0 radical (unpaired) electrons. The average Bonchev–Trinajstić information content (AvgIpc) is 3.06. The lowest BCUT2D eigenvalue weighted by molar-refractivity contribution is -0.126. The van der Waals surface area contributed by atoms with Crippen molar-refractivity contribution in [3.05, 3.63) is 82.4 Å². The normalized spacial score (nSPS) is 13.8. The van der Waals surface area contributed by atoms with Crippen molar-refractivity contribution in [1.29, 1.82) is 0 Å². The first-order valence-corrected chi connectivity index (χ1v) is 13.8. The average molecular weight is 587 g/mol. The topological polar surface area (TPSA) is 113 Å². The Hall–Kier alpha value is -5.13. The fraction of sp³-hybridized carbons (Fsp3) is 0.258. The van der Waals surface area contributed by atoms with Crippen molar-refractivity contribution < 1.29 is 22.8 Å². The van der Waals surface area contributed by atoms with Crippen LogP contribution < -0.4 is 15.8 Å². The van der Waals surface area contributed by atoms with Gasteiger partial charge in [-0.15, -0.1) is 0 Å². The van der Waals surface area contributed by atoms with Gasteiger partial charge in [-0.25, -0.2) is 13.8 Å². The predicted molar refractivity (Wildman–Crippen MR) is 159 cm³/mol. The Morgan fingerprint density at radius 2 is 1.84 bits per heavy atom. The summed E-state index contributed by atoms with van der Waals surface area (Å²) in [5.74, 6) is -2.78. The summed E-state index contributed by atoms with van der Waals surface area (Å²) < 4.78 is 38.9. The standard InChI is InChI=1S/C31H28F2N6O4/c1-5-22(40)37-11-13-38(14-12-37)27-17-15-19(33)26-23-18(32)7-6-8-20(23)43-21-9-10-35-25(16(2)3)28(21)39(29(17)36-26)31(42)24(27)30(41)34-4/h5-10,15-16H,1,11-14H2,2-4H3,(H,34,41). The van der Waals surface area contributed by atoms with E-state index < -0.39 is 23.1 Å². The highest BCUT2D eigenvalue weighted by atomic mass is 19.1. The van der Waals surface area contributed by atoms with Gasteiger partial charge in [0.25, 0.3) is 11.5 Å². The maximum atomic E-state index is 16.1. The third kappa shape index (κ3) is 4.41. The number of halogens is 2. The van der Waals surface area contributed by atoms with Crippen molar-refractivity contribution in [2.45, 2.75) is 19.8 Å². The molecule has 0 spiro atoms. The van der Waals surface area contributed by atoms with E-state index in [0.29, 0.717) is 5.69 Å². The highest BCUT2D eigenvalue weighted by molar-refractivity contribution is 6.09. The van der Waals surface area contributed by atoms with Gasteiger partial charge in [0.2, 0.25) is 5.91 Å². The highest BCUT2D eigenvalue weighted by Gasteiger charge is 2.30. The van der Waals surface area contributed by atoms with E-state index in [1.165, 1.54) is 54.1 Å². The SMILES string of the molecule is C=CC(=O)N1CCN(c2c(C(=O)NC)c(=O)n3c4nc(c(F)cc24)c2c(F)cccc2oc2ccnc(C(C)C)c23)CC1.